The number of allylic oxidation sites excluding steroid dienone is 2. The van der Waals surface area contributed by atoms with E-state index in [4.69, 9.17) is 23.7 Å². The third kappa shape index (κ3) is 5.77. The molecule has 0 aliphatic carbocycles. The van der Waals surface area contributed by atoms with Crippen LogP contribution >= 0.6 is 0 Å². The van der Waals surface area contributed by atoms with Crippen molar-refractivity contribution in [1.82, 2.24) is 0 Å². The van der Waals surface area contributed by atoms with Gasteiger partial charge in [0.15, 0.2) is 11.5 Å². The maximum absolute atomic E-state index is 5.82. The Morgan fingerprint density at radius 2 is 1.05 bits per heavy atom. The highest BCUT2D eigenvalue weighted by atomic mass is 16.7. The molecule has 0 aromatic heterocycles. The minimum Gasteiger partial charge on any atom is -0.466 e. The first-order chi connectivity index (χ1) is 9.18. The van der Waals surface area contributed by atoms with Gasteiger partial charge in [-0.15, -0.1) is 0 Å². The molecule has 0 atom stereocenters. The molecule has 0 fully saturated rings. The lowest BCUT2D eigenvalue weighted by Gasteiger charge is -2.17. The second-order valence-corrected chi connectivity index (χ2v) is 3.50. The zero-order chi connectivity index (χ0) is 14.7. The quantitative estimate of drug-likeness (QED) is 0.570. The molecule has 0 spiro atoms. The first-order valence-electron chi connectivity index (χ1n) is 6.65. The summed E-state index contributed by atoms with van der Waals surface area (Å²) in [7, 11) is 3.11. The molecule has 5 nitrogen and oxygen atoms in total. The van der Waals surface area contributed by atoms with Crippen LogP contribution in [0.4, 0.5) is 0 Å². The number of hydrogen-bond acceptors (Lipinski definition) is 5. The van der Waals surface area contributed by atoms with Crippen molar-refractivity contribution in [3.05, 3.63) is 23.4 Å². The van der Waals surface area contributed by atoms with Gasteiger partial charge in [-0.05, 0) is 13.8 Å². The summed E-state index contributed by atoms with van der Waals surface area (Å²) in [6.07, 6.45) is 1.30. The minimum atomic E-state index is 0.392. The Bertz CT molecular complexity index is 277. The van der Waals surface area contributed by atoms with Crippen LogP contribution in [0.15, 0.2) is 23.4 Å². The van der Waals surface area contributed by atoms with Gasteiger partial charge < -0.3 is 23.7 Å². The molecular formula is C14H26O5. The summed E-state index contributed by atoms with van der Waals surface area (Å²) in [5.41, 5.74) is 0. The lowest BCUT2D eigenvalue weighted by Crippen LogP contribution is -2.07. The molecule has 0 rings (SSSR count). The molecule has 0 aliphatic heterocycles. The van der Waals surface area contributed by atoms with Gasteiger partial charge in [-0.3, -0.25) is 0 Å². The second-order valence-electron chi connectivity index (χ2n) is 3.50. The van der Waals surface area contributed by atoms with Crippen LogP contribution < -0.4 is 0 Å². The van der Waals surface area contributed by atoms with Gasteiger partial charge in [0.2, 0.25) is 0 Å². The zero-order valence-corrected chi connectivity index (χ0v) is 12.9. The summed E-state index contributed by atoms with van der Waals surface area (Å²) >= 11 is 0. The van der Waals surface area contributed by atoms with E-state index >= 15 is 0 Å². The predicted octanol–water partition coefficient (Wildman–Crippen LogP) is 3.53. The van der Waals surface area contributed by atoms with Crippen LogP contribution in [0.2, 0.25) is 0 Å². The van der Waals surface area contributed by atoms with Crippen molar-refractivity contribution in [2.75, 3.05) is 27.4 Å². The van der Waals surface area contributed by atoms with Crippen LogP contribution in [0.1, 0.15) is 40.5 Å². The van der Waals surface area contributed by atoms with Gasteiger partial charge in [0.1, 0.15) is 0 Å². The Labute approximate surface area is 116 Å². The predicted molar refractivity (Wildman–Crippen MR) is 73.0 cm³/mol. The fourth-order valence-corrected chi connectivity index (χ4v) is 1.43. The third-order valence-corrected chi connectivity index (χ3v) is 2.27. The van der Waals surface area contributed by atoms with Gasteiger partial charge in [0, 0.05) is 12.8 Å². The van der Waals surface area contributed by atoms with E-state index in [-0.39, 0.29) is 0 Å². The topological polar surface area (TPSA) is 46.2 Å². The largest absolute Gasteiger partial charge is 0.466 e. The highest BCUT2D eigenvalue weighted by molar-refractivity contribution is 5.03. The van der Waals surface area contributed by atoms with Crippen LogP contribution in [0.3, 0.4) is 0 Å². The van der Waals surface area contributed by atoms with Crippen molar-refractivity contribution in [3.63, 3.8) is 0 Å². The second kappa shape index (κ2) is 10.4. The van der Waals surface area contributed by atoms with Crippen molar-refractivity contribution in [2.45, 2.75) is 40.5 Å². The summed E-state index contributed by atoms with van der Waals surface area (Å²) in [5, 5.41) is 0. The maximum Gasteiger partial charge on any atom is 0.319 e. The Morgan fingerprint density at radius 1 is 0.684 bits per heavy atom. The molecule has 19 heavy (non-hydrogen) atoms. The number of rotatable bonds is 10. The van der Waals surface area contributed by atoms with E-state index in [1.165, 1.54) is 0 Å². The molecule has 0 aromatic carbocycles. The Hall–Kier alpha value is -1.52. The van der Waals surface area contributed by atoms with Gasteiger partial charge in [-0.2, -0.15) is 0 Å². The third-order valence-electron chi connectivity index (χ3n) is 2.27. The first kappa shape index (κ1) is 17.5. The summed E-state index contributed by atoms with van der Waals surface area (Å²) in [6.45, 7) is 8.75. The normalized spacial score (nSPS) is 13.2. The molecule has 0 N–H and O–H groups in total. The van der Waals surface area contributed by atoms with E-state index in [0.717, 1.165) is 0 Å². The Morgan fingerprint density at radius 3 is 1.26 bits per heavy atom. The van der Waals surface area contributed by atoms with E-state index in [1.807, 2.05) is 27.7 Å². The molecule has 0 amide bonds. The fraction of sp³-hybridized carbons (Fsp3) is 0.714. The van der Waals surface area contributed by atoms with E-state index in [2.05, 4.69) is 0 Å². The first-order valence-corrected chi connectivity index (χ1v) is 6.65. The molecule has 112 valence electrons. The molecule has 0 saturated heterocycles. The summed E-state index contributed by atoms with van der Waals surface area (Å²) in [5.74, 6) is 2.02. The summed E-state index contributed by atoms with van der Waals surface area (Å²) in [4.78, 5) is 0. The number of hydrogen-bond donors (Lipinski definition) is 0. The van der Waals surface area contributed by atoms with Crippen molar-refractivity contribution in [1.29, 1.82) is 0 Å². The summed E-state index contributed by atoms with van der Waals surface area (Å²) < 4.78 is 27.0. The van der Waals surface area contributed by atoms with Crippen LogP contribution in [0.25, 0.3) is 0 Å². The zero-order valence-electron chi connectivity index (χ0n) is 12.9. The van der Waals surface area contributed by atoms with Gasteiger partial charge in [-0.25, -0.2) is 0 Å². The standard InChI is InChI=1S/C14H26O5/c1-7-11(13(15-5)17-9-3)19-12(8-2)14(16-6)18-10-4/h7-10H2,1-6H3. The number of ether oxygens (including phenoxy) is 5. The average Bonchev–Trinajstić information content (AvgIpc) is 2.44. The molecular weight excluding hydrogens is 248 g/mol. The molecule has 0 aliphatic rings. The molecule has 0 radical (unpaired) electrons. The van der Waals surface area contributed by atoms with Crippen molar-refractivity contribution in [3.8, 4) is 0 Å². The monoisotopic (exact) mass is 274 g/mol. The fourth-order valence-electron chi connectivity index (χ4n) is 1.43. The SMILES string of the molecule is CCOC(OC)=C(CC)OC(CC)=C(OC)OCC. The molecule has 0 bridgehead atoms. The molecule has 5 heteroatoms. The van der Waals surface area contributed by atoms with E-state index in [1.54, 1.807) is 14.2 Å². The van der Waals surface area contributed by atoms with Crippen molar-refractivity contribution in [2.24, 2.45) is 0 Å². The van der Waals surface area contributed by atoms with Gasteiger partial charge in [0.05, 0.1) is 27.4 Å². The Kier molecular flexibility index (Phi) is 9.57. The highest BCUT2D eigenvalue weighted by Gasteiger charge is 2.15. The lowest BCUT2D eigenvalue weighted by atomic mass is 10.3. The van der Waals surface area contributed by atoms with Crippen molar-refractivity contribution >= 4 is 0 Å². The van der Waals surface area contributed by atoms with Gasteiger partial charge in [-0.1, -0.05) is 13.8 Å². The van der Waals surface area contributed by atoms with E-state index in [0.29, 0.717) is 49.5 Å². The van der Waals surface area contributed by atoms with Gasteiger partial charge >= 0.3 is 11.9 Å². The van der Waals surface area contributed by atoms with E-state index in [9.17, 15) is 0 Å². The lowest BCUT2D eigenvalue weighted by molar-refractivity contribution is 0.0275. The molecule has 0 unspecified atom stereocenters. The van der Waals surface area contributed by atoms with Crippen molar-refractivity contribution < 1.29 is 23.7 Å². The molecule has 0 heterocycles. The molecule has 0 saturated carbocycles. The molecule has 0 aromatic rings. The Balaban J connectivity index is 5.19. The summed E-state index contributed by atoms with van der Waals surface area (Å²) in [6, 6.07) is 0. The maximum atomic E-state index is 5.82. The van der Waals surface area contributed by atoms with Crippen LogP contribution in [-0.2, 0) is 23.7 Å². The van der Waals surface area contributed by atoms with E-state index < -0.39 is 0 Å². The smallest absolute Gasteiger partial charge is 0.319 e. The average molecular weight is 274 g/mol. The minimum absolute atomic E-state index is 0.392. The van der Waals surface area contributed by atoms with Crippen LogP contribution in [0, 0.1) is 0 Å². The van der Waals surface area contributed by atoms with Crippen LogP contribution in [-0.4, -0.2) is 27.4 Å². The highest BCUT2D eigenvalue weighted by Crippen LogP contribution is 2.21. The number of methoxy groups -OCH3 is 2. The van der Waals surface area contributed by atoms with Crippen LogP contribution in [0.5, 0.6) is 0 Å². The van der Waals surface area contributed by atoms with Gasteiger partial charge in [0.25, 0.3) is 0 Å².